The second-order valence-corrected chi connectivity index (χ2v) is 11.6. The minimum Gasteiger partial charge on any atom is -0.462 e. The summed E-state index contributed by atoms with van der Waals surface area (Å²) in [6.07, 6.45) is 58.5. The second-order valence-electron chi connectivity index (χ2n) is 11.6. The van der Waals surface area contributed by atoms with Gasteiger partial charge in [0, 0.05) is 12.8 Å². The van der Waals surface area contributed by atoms with Crippen LogP contribution in [0.4, 0.5) is 0 Å². The average molecular weight is 725 g/mol. The number of carbonyl (C=O) groups is 3. The molecular weight excluding hydrogens is 661 g/mol. The molecule has 0 bridgehead atoms. The number of esters is 3. The first-order valence-corrected chi connectivity index (χ1v) is 19.1. The summed E-state index contributed by atoms with van der Waals surface area (Å²) in [6.45, 7) is 5.92. The Morgan fingerprint density at radius 2 is 0.792 bits per heavy atom. The van der Waals surface area contributed by atoms with E-state index in [0.717, 1.165) is 38.5 Å². The summed E-state index contributed by atoms with van der Waals surface area (Å²) >= 11 is 0. The Kier molecular flexibility index (Phi) is 36.1. The Labute approximate surface area is 320 Å². The van der Waals surface area contributed by atoms with E-state index in [1.807, 2.05) is 122 Å². The molecule has 0 heterocycles. The van der Waals surface area contributed by atoms with Gasteiger partial charge in [0.25, 0.3) is 0 Å². The van der Waals surface area contributed by atoms with Crippen molar-refractivity contribution in [1.82, 2.24) is 0 Å². The molecule has 0 aliphatic heterocycles. The molecule has 0 N–H and O–H groups in total. The normalized spacial score (nSPS) is 13.8. The average Bonchev–Trinajstić information content (AvgIpc) is 3.15. The van der Waals surface area contributed by atoms with Crippen molar-refractivity contribution in [2.45, 2.75) is 104 Å². The summed E-state index contributed by atoms with van der Waals surface area (Å²) in [5.74, 6) is -1.28. The molecule has 6 nitrogen and oxygen atoms in total. The summed E-state index contributed by atoms with van der Waals surface area (Å²) in [5.41, 5.74) is 0. The van der Waals surface area contributed by atoms with E-state index >= 15 is 0 Å². The molecule has 0 aromatic heterocycles. The topological polar surface area (TPSA) is 78.9 Å². The lowest BCUT2D eigenvalue weighted by Gasteiger charge is -2.18. The number of unbranched alkanes of at least 4 members (excludes halogenated alkanes) is 2. The Morgan fingerprint density at radius 3 is 1.26 bits per heavy atom. The van der Waals surface area contributed by atoms with E-state index in [-0.39, 0.29) is 32.5 Å². The maximum Gasteiger partial charge on any atom is 0.309 e. The summed E-state index contributed by atoms with van der Waals surface area (Å²) in [7, 11) is 0. The van der Waals surface area contributed by atoms with E-state index in [9.17, 15) is 14.4 Å². The standard InChI is InChI=1S/C47H64O6/c1-4-7-10-13-16-19-21-23-25-28-31-34-37-40-46(49)52-43-44(42-51-45(48)39-36-33-30-27-18-15-12-9-6-3)53-47(50)41-38-35-32-29-26-24-22-20-17-14-11-8-5-2/h7-14,16-29,31-33,36,44H,4-6,15,30,34-35,37-43H2,1-3H3/b10-7-,11-8-,12-9-,16-13-,17-14-,21-19-,22-20-,25-23-,26-24-,27-18-,31-28-,32-29-,36-33-. The second kappa shape index (κ2) is 39.8. The molecule has 0 aromatic carbocycles. The van der Waals surface area contributed by atoms with Gasteiger partial charge in [-0.15, -0.1) is 0 Å². The van der Waals surface area contributed by atoms with E-state index in [0.29, 0.717) is 19.3 Å². The number of hydrogen-bond acceptors (Lipinski definition) is 6. The van der Waals surface area contributed by atoms with Crippen LogP contribution in [0.1, 0.15) is 97.8 Å². The molecule has 6 heteroatoms. The summed E-state index contributed by atoms with van der Waals surface area (Å²) in [4.78, 5) is 37.4. The van der Waals surface area contributed by atoms with Crippen molar-refractivity contribution in [3.05, 3.63) is 158 Å². The number of rotatable bonds is 30. The number of ether oxygens (including phenoxy) is 3. The van der Waals surface area contributed by atoms with Crippen LogP contribution >= 0.6 is 0 Å². The highest BCUT2D eigenvalue weighted by Gasteiger charge is 2.19. The third-order valence-electron chi connectivity index (χ3n) is 6.80. The van der Waals surface area contributed by atoms with Crippen LogP contribution < -0.4 is 0 Å². The lowest BCUT2D eigenvalue weighted by molar-refractivity contribution is -0.166. The van der Waals surface area contributed by atoms with Crippen molar-refractivity contribution in [2.75, 3.05) is 13.2 Å². The monoisotopic (exact) mass is 724 g/mol. The van der Waals surface area contributed by atoms with Gasteiger partial charge in [-0.3, -0.25) is 14.4 Å². The largest absolute Gasteiger partial charge is 0.462 e. The zero-order valence-electron chi connectivity index (χ0n) is 32.4. The van der Waals surface area contributed by atoms with Gasteiger partial charge in [0.05, 0.1) is 6.42 Å². The van der Waals surface area contributed by atoms with Crippen LogP contribution in [-0.2, 0) is 28.6 Å². The molecule has 0 fully saturated rings. The fourth-order valence-electron chi connectivity index (χ4n) is 4.03. The molecule has 0 saturated carbocycles. The summed E-state index contributed by atoms with van der Waals surface area (Å²) < 4.78 is 16.3. The van der Waals surface area contributed by atoms with E-state index in [1.54, 1.807) is 6.08 Å². The minimum absolute atomic E-state index is 0.0975. The van der Waals surface area contributed by atoms with Gasteiger partial charge in [-0.2, -0.15) is 0 Å². The first kappa shape index (κ1) is 48.0. The first-order valence-electron chi connectivity index (χ1n) is 19.1. The van der Waals surface area contributed by atoms with Gasteiger partial charge in [-0.1, -0.05) is 179 Å². The van der Waals surface area contributed by atoms with Crippen molar-refractivity contribution in [3.63, 3.8) is 0 Å². The van der Waals surface area contributed by atoms with Gasteiger partial charge in [-0.05, 0) is 57.8 Å². The van der Waals surface area contributed by atoms with Crippen LogP contribution in [0.2, 0.25) is 0 Å². The molecule has 0 aromatic rings. The first-order chi connectivity index (χ1) is 26.0. The highest BCUT2D eigenvalue weighted by molar-refractivity contribution is 5.72. The smallest absolute Gasteiger partial charge is 0.309 e. The molecule has 0 amide bonds. The van der Waals surface area contributed by atoms with Gasteiger partial charge in [-0.25, -0.2) is 0 Å². The van der Waals surface area contributed by atoms with Gasteiger partial charge in [0.2, 0.25) is 0 Å². The molecular formula is C47H64O6. The Morgan fingerprint density at radius 1 is 0.415 bits per heavy atom. The maximum atomic E-state index is 12.6. The fraction of sp³-hybridized carbons (Fsp3) is 0.383. The van der Waals surface area contributed by atoms with Crippen LogP contribution in [0, 0.1) is 0 Å². The lowest BCUT2D eigenvalue weighted by Crippen LogP contribution is -2.30. The maximum absolute atomic E-state index is 12.6. The van der Waals surface area contributed by atoms with Gasteiger partial charge in [0.1, 0.15) is 13.2 Å². The molecule has 0 saturated heterocycles. The van der Waals surface area contributed by atoms with E-state index in [4.69, 9.17) is 14.2 Å². The highest BCUT2D eigenvalue weighted by Crippen LogP contribution is 2.07. The van der Waals surface area contributed by atoms with Crippen molar-refractivity contribution in [2.24, 2.45) is 0 Å². The fourth-order valence-corrected chi connectivity index (χ4v) is 4.03. The van der Waals surface area contributed by atoms with Gasteiger partial charge < -0.3 is 14.2 Å². The molecule has 1 atom stereocenters. The quantitative estimate of drug-likeness (QED) is 0.0241. The van der Waals surface area contributed by atoms with Crippen molar-refractivity contribution >= 4 is 17.9 Å². The van der Waals surface area contributed by atoms with E-state index < -0.39 is 24.0 Å². The zero-order valence-corrected chi connectivity index (χ0v) is 32.4. The van der Waals surface area contributed by atoms with Crippen molar-refractivity contribution in [1.29, 1.82) is 0 Å². The molecule has 0 aliphatic rings. The predicted octanol–water partition coefficient (Wildman–Crippen LogP) is 12.0. The van der Waals surface area contributed by atoms with Crippen LogP contribution in [0.3, 0.4) is 0 Å². The highest BCUT2D eigenvalue weighted by atomic mass is 16.6. The number of carbonyl (C=O) groups excluding carboxylic acids is 3. The summed E-state index contributed by atoms with van der Waals surface area (Å²) in [5, 5.41) is 0. The molecule has 0 spiro atoms. The molecule has 0 radical (unpaired) electrons. The van der Waals surface area contributed by atoms with Crippen LogP contribution in [-0.4, -0.2) is 37.2 Å². The summed E-state index contributed by atoms with van der Waals surface area (Å²) in [6, 6.07) is 0. The third-order valence-corrected chi connectivity index (χ3v) is 6.80. The van der Waals surface area contributed by atoms with E-state index in [1.165, 1.54) is 0 Å². The molecule has 53 heavy (non-hydrogen) atoms. The molecule has 1 unspecified atom stereocenters. The lowest BCUT2D eigenvalue weighted by atomic mass is 10.2. The van der Waals surface area contributed by atoms with Crippen molar-refractivity contribution < 1.29 is 28.6 Å². The van der Waals surface area contributed by atoms with Gasteiger partial charge in [0.15, 0.2) is 6.10 Å². The third kappa shape index (κ3) is 38.1. The number of hydrogen-bond donors (Lipinski definition) is 0. The Balaban J connectivity index is 4.78. The van der Waals surface area contributed by atoms with Gasteiger partial charge >= 0.3 is 17.9 Å². The molecule has 0 aliphatic carbocycles. The SMILES string of the molecule is CC\C=C/C=C\C=C/C=C\C=C/CCCC(=O)OCC(COC(=O)C/C=C\C/C=C\C/C=C\CC)OC(=O)CCC\C=C/C=C\C=C/C=C\C=C/CC. The zero-order chi connectivity index (χ0) is 38.7. The number of allylic oxidation sites excluding steroid dienone is 25. The predicted molar refractivity (Wildman–Crippen MR) is 223 cm³/mol. The Hall–Kier alpha value is -4.97. The molecule has 0 rings (SSSR count). The van der Waals surface area contributed by atoms with Crippen LogP contribution in [0.5, 0.6) is 0 Å². The molecule has 288 valence electrons. The van der Waals surface area contributed by atoms with E-state index in [2.05, 4.69) is 51.2 Å². The minimum atomic E-state index is -0.883. The van der Waals surface area contributed by atoms with Crippen LogP contribution in [0.25, 0.3) is 0 Å². The van der Waals surface area contributed by atoms with Crippen LogP contribution in [0.15, 0.2) is 158 Å². The van der Waals surface area contributed by atoms with Crippen molar-refractivity contribution in [3.8, 4) is 0 Å². The Bertz CT molecular complexity index is 1340.